The van der Waals surface area contributed by atoms with Crippen molar-refractivity contribution < 1.29 is 6.16 Å². The van der Waals surface area contributed by atoms with Crippen LogP contribution in [0.1, 0.15) is 19.5 Å². The molecule has 0 bridgehead atoms. The first kappa shape index (κ1) is 56.3. The summed E-state index contributed by atoms with van der Waals surface area (Å²) in [6.45, 7) is 12.3. The van der Waals surface area contributed by atoms with E-state index in [1.54, 1.807) is 25.5 Å². The van der Waals surface area contributed by atoms with Crippen LogP contribution in [0, 0.1) is 0 Å². The normalized spacial score (nSPS) is 11.1. The number of allylic oxidation sites excluding steroid dienone is 6. The molecule has 1 heterocycles. The summed E-state index contributed by atoms with van der Waals surface area (Å²) < 4.78 is 7.03. The lowest BCUT2D eigenvalue weighted by atomic mass is 9.93. The zero-order valence-electron chi connectivity index (χ0n) is 47.4. The van der Waals surface area contributed by atoms with Crippen LogP contribution in [0.15, 0.2) is 323 Å². The molecule has 1 aliphatic rings. The molecule has 3 heteroatoms. The van der Waals surface area contributed by atoms with E-state index >= 15 is 0 Å². The quantitative estimate of drug-likeness (QED) is 0.0732. The van der Waals surface area contributed by atoms with Crippen molar-refractivity contribution in [3.8, 4) is 94.7 Å². The second kappa shape index (κ2) is 27.0. The van der Waals surface area contributed by atoms with Gasteiger partial charge in [-0.25, -0.2) is 0 Å². The molecule has 0 unspecified atom stereocenters. The topological polar surface area (TPSA) is 14.2 Å². The molecular formula is C80H69NOS. The Morgan fingerprint density at radius 1 is 0.398 bits per heavy atom. The highest BCUT2D eigenvalue weighted by Gasteiger charge is 2.22. The van der Waals surface area contributed by atoms with E-state index < -0.39 is 0 Å². The third kappa shape index (κ3) is 12.8. The maximum Gasteiger partial charge on any atom is 0.111 e. The minimum atomic E-state index is 0. The molecule has 1 aromatic heterocycles. The largest absolute Gasteiger partial charge is 0.497 e. The van der Waals surface area contributed by atoms with Gasteiger partial charge >= 0.3 is 0 Å². The summed E-state index contributed by atoms with van der Waals surface area (Å²) in [4.78, 5) is 0. The molecule has 0 atom stereocenters. The number of methoxy groups -OCH3 is 1. The van der Waals surface area contributed by atoms with Crippen molar-refractivity contribution >= 4 is 34.4 Å². The molecule has 1 aliphatic carbocycles. The van der Waals surface area contributed by atoms with E-state index in [0.29, 0.717) is 5.76 Å². The summed E-state index contributed by atoms with van der Waals surface area (Å²) in [5.74, 6) is 0.606. The smallest absolute Gasteiger partial charge is 0.111 e. The molecule has 0 amide bonds. The first-order valence-electron chi connectivity index (χ1n) is 28.0. The molecule has 0 saturated heterocycles. The molecule has 2 nitrogen and oxygen atoms in total. The minimum Gasteiger partial charge on any atom is -0.497 e. The number of aromatic nitrogens is 1. The second-order valence-corrected chi connectivity index (χ2v) is 20.1. The lowest BCUT2D eigenvalue weighted by Crippen LogP contribution is -1.95. The summed E-state index contributed by atoms with van der Waals surface area (Å²) in [6, 6.07) is 95.9. The van der Waals surface area contributed by atoms with Crippen LogP contribution in [-0.2, 0) is 11.2 Å². The van der Waals surface area contributed by atoms with Gasteiger partial charge in [0.25, 0.3) is 0 Å². The number of nitrogens with zero attached hydrogens (tertiary/aromatic N) is 1. The summed E-state index contributed by atoms with van der Waals surface area (Å²) in [5, 5.41) is 2.54. The number of hydrogen-bond donors (Lipinski definition) is 1. The van der Waals surface area contributed by atoms with Gasteiger partial charge in [0.2, 0.25) is 0 Å². The van der Waals surface area contributed by atoms with Gasteiger partial charge in [-0.15, -0.1) is 0 Å². The second-order valence-electron chi connectivity index (χ2n) is 20.1. The van der Waals surface area contributed by atoms with Crippen LogP contribution in [-0.4, -0.2) is 17.9 Å². The first-order chi connectivity index (χ1) is 40.9. The fraction of sp³-hybridized carbons (Fsp3) is 0.0500. The van der Waals surface area contributed by atoms with Gasteiger partial charge < -0.3 is 9.30 Å². The highest BCUT2D eigenvalue weighted by molar-refractivity contribution is 7.79. The van der Waals surface area contributed by atoms with Gasteiger partial charge in [0.05, 0.1) is 18.1 Å². The Morgan fingerprint density at radius 3 is 1.23 bits per heavy atom. The van der Waals surface area contributed by atoms with E-state index in [2.05, 4.69) is 303 Å². The molecule has 13 rings (SSSR count). The van der Waals surface area contributed by atoms with Crippen molar-refractivity contribution in [3.05, 3.63) is 334 Å². The number of rotatable bonds is 12. The van der Waals surface area contributed by atoms with Crippen molar-refractivity contribution in [1.82, 2.24) is 4.57 Å². The van der Waals surface area contributed by atoms with Crippen molar-refractivity contribution in [1.29, 1.82) is 0 Å². The Hall–Kier alpha value is -9.93. The first-order valence-corrected chi connectivity index (χ1v) is 28.9. The Labute approximate surface area is 497 Å². The van der Waals surface area contributed by atoms with Gasteiger partial charge in [-0.3, -0.25) is 0 Å². The molecule has 0 fully saturated rings. The summed E-state index contributed by atoms with van der Waals surface area (Å²) in [6.07, 6.45) is 13.7. The molecule has 406 valence electrons. The van der Waals surface area contributed by atoms with Gasteiger partial charge in [-0.1, -0.05) is 244 Å². The number of fused-ring (bicyclic) bond motifs is 6. The number of hydrogen-bond acceptors (Lipinski definition) is 2. The molecular weight excluding hydrogens is 1020 g/mol. The Bertz CT molecular complexity index is 4320. The van der Waals surface area contributed by atoms with Crippen LogP contribution >= 0.6 is 12.6 Å². The zero-order valence-corrected chi connectivity index (χ0v) is 48.3. The number of ether oxygens (including phenoxy) is 1. The number of para-hydroxylation sites is 1. The van der Waals surface area contributed by atoms with Crippen LogP contribution in [0.4, 0.5) is 0 Å². The van der Waals surface area contributed by atoms with E-state index in [0.717, 1.165) is 6.42 Å². The van der Waals surface area contributed by atoms with Gasteiger partial charge in [-0.2, -0.15) is 12.6 Å². The van der Waals surface area contributed by atoms with Crippen LogP contribution in [0.25, 0.3) is 117 Å². The van der Waals surface area contributed by atoms with Crippen LogP contribution in [0.3, 0.4) is 0 Å². The maximum atomic E-state index is 4.59. The van der Waals surface area contributed by atoms with Crippen molar-refractivity contribution in [2.75, 3.05) is 13.4 Å². The molecule has 0 spiro atoms. The van der Waals surface area contributed by atoms with Crippen molar-refractivity contribution in [2.24, 2.45) is 0 Å². The Morgan fingerprint density at radius 2 is 0.783 bits per heavy atom. The molecule has 0 aliphatic heterocycles. The third-order valence-corrected chi connectivity index (χ3v) is 15.0. The van der Waals surface area contributed by atoms with Gasteiger partial charge in [0.1, 0.15) is 5.76 Å². The van der Waals surface area contributed by atoms with Crippen LogP contribution in [0.5, 0.6) is 0 Å². The fourth-order valence-electron chi connectivity index (χ4n) is 10.9. The Kier molecular flexibility index (Phi) is 18.3. The molecule has 0 N–H and O–H groups in total. The highest BCUT2D eigenvalue weighted by Crippen LogP contribution is 2.43. The number of benzene rings is 11. The SMILES string of the molecule is C=C/C=C\C=C/C.C=CC(=C)OC.CS.[HH].c1ccc(-c2cccc(-c3cccc(-c4cccc(-c5cccc(-c6cccc(-c7ccc8c(c7)-c7cc(-n9c%10ccccc%10c%10cc(-c%11ccccc%11)ccc%109)ccc7C8)c6)c5)c4)c3)c2)cc1. The lowest BCUT2D eigenvalue weighted by molar-refractivity contribution is 0.309. The highest BCUT2D eigenvalue weighted by atomic mass is 32.1. The van der Waals surface area contributed by atoms with Gasteiger partial charge in [0, 0.05) is 17.9 Å². The van der Waals surface area contributed by atoms with Crippen molar-refractivity contribution in [2.45, 2.75) is 13.3 Å². The lowest BCUT2D eigenvalue weighted by Gasteiger charge is -2.12. The van der Waals surface area contributed by atoms with E-state index in [4.69, 9.17) is 0 Å². The fourth-order valence-corrected chi connectivity index (χ4v) is 10.9. The average Bonchev–Trinajstić information content (AvgIpc) is 2.93. The average molecular weight is 1090 g/mol. The standard InChI is InChI=1S/C67H45N.C7H10.C5H8O.CH4S.H2/c1-3-14-45(15-4-1)47-18-9-19-48(36-47)49-20-10-21-50(37-49)51-22-11-23-52(38-51)53-24-12-25-54(39-53)55-26-13-27-56(40-55)58-30-31-59-41-60-32-34-61(44-64(60)63(59)42-58)68-66-29-8-7-28-62(66)65-43-57(33-35-67(65)68)46-16-5-2-6-17-46;1-3-5-7-6-4-2;1-4-5(2)6-3;1-2;/h1-40,42-44H,41H2;3-7H,1H2,2H3;4H,1-2H2,3H3;2H,1H3;1H/b;6-4-,7-5-;;;. The van der Waals surface area contributed by atoms with Gasteiger partial charge in [0.15, 0.2) is 0 Å². The molecule has 0 radical (unpaired) electrons. The minimum absolute atomic E-state index is 0. The van der Waals surface area contributed by atoms with E-state index in [9.17, 15) is 0 Å². The van der Waals surface area contributed by atoms with E-state index in [1.807, 2.05) is 31.2 Å². The van der Waals surface area contributed by atoms with E-state index in [-0.39, 0.29) is 1.43 Å². The van der Waals surface area contributed by atoms with E-state index in [1.165, 1.54) is 128 Å². The molecule has 12 aromatic rings. The summed E-state index contributed by atoms with van der Waals surface area (Å²) in [5.41, 5.74) is 26.0. The maximum absolute atomic E-state index is 4.59. The summed E-state index contributed by atoms with van der Waals surface area (Å²) >= 11 is 3.53. The molecule has 11 aromatic carbocycles. The Balaban J connectivity index is 0.000000474. The van der Waals surface area contributed by atoms with Gasteiger partial charge in [-0.05, 0) is 193 Å². The van der Waals surface area contributed by atoms with Crippen LogP contribution in [0.2, 0.25) is 0 Å². The predicted octanol–water partition coefficient (Wildman–Crippen LogP) is 22.5. The summed E-state index contributed by atoms with van der Waals surface area (Å²) in [7, 11) is 1.56. The third-order valence-electron chi connectivity index (χ3n) is 15.0. The predicted molar refractivity (Wildman–Crippen MR) is 365 cm³/mol. The monoisotopic (exact) mass is 1090 g/mol. The van der Waals surface area contributed by atoms with Crippen molar-refractivity contribution in [3.63, 3.8) is 0 Å². The molecule has 0 saturated carbocycles. The zero-order chi connectivity index (χ0) is 57.5. The van der Waals surface area contributed by atoms with Crippen LogP contribution < -0.4 is 0 Å². The molecule has 83 heavy (non-hydrogen) atoms. The number of thiol groups is 1.